The summed E-state index contributed by atoms with van der Waals surface area (Å²) in [6.45, 7) is 10.4. The highest BCUT2D eigenvalue weighted by Gasteiger charge is 2.43. The van der Waals surface area contributed by atoms with Crippen molar-refractivity contribution in [3.8, 4) is 0 Å². The molecule has 3 nitrogen and oxygen atoms in total. The van der Waals surface area contributed by atoms with Crippen LogP contribution in [0.4, 0.5) is 0 Å². The average molecular weight is 239 g/mol. The van der Waals surface area contributed by atoms with Crippen LogP contribution in [0.1, 0.15) is 39.5 Å². The summed E-state index contributed by atoms with van der Waals surface area (Å²) in [5.41, 5.74) is 6.94. The minimum atomic E-state index is 0.295. The third kappa shape index (κ3) is 2.83. The maximum atomic E-state index is 6.17. The van der Waals surface area contributed by atoms with E-state index >= 15 is 0 Å². The Kier molecular flexibility index (Phi) is 3.81. The number of hydrogen-bond acceptors (Lipinski definition) is 3. The summed E-state index contributed by atoms with van der Waals surface area (Å²) in [5, 5.41) is 0. The average Bonchev–Trinajstić information content (AvgIpc) is 2.28. The lowest BCUT2D eigenvalue weighted by Crippen LogP contribution is -2.62. The summed E-state index contributed by atoms with van der Waals surface area (Å²) in [6.07, 6.45) is 5.29. The number of likely N-dealkylation sites (N-methyl/N-ethyl adjacent to an activating group) is 1. The number of piperazine rings is 1. The Morgan fingerprint density at radius 2 is 1.71 bits per heavy atom. The highest BCUT2D eigenvalue weighted by atomic mass is 15.3. The molecule has 0 aromatic rings. The van der Waals surface area contributed by atoms with Crippen LogP contribution in [0.25, 0.3) is 0 Å². The van der Waals surface area contributed by atoms with Gasteiger partial charge in [0.2, 0.25) is 0 Å². The van der Waals surface area contributed by atoms with Gasteiger partial charge in [0.25, 0.3) is 0 Å². The van der Waals surface area contributed by atoms with Gasteiger partial charge >= 0.3 is 0 Å². The monoisotopic (exact) mass is 239 g/mol. The van der Waals surface area contributed by atoms with Crippen molar-refractivity contribution >= 4 is 0 Å². The molecule has 2 N–H and O–H groups in total. The first kappa shape index (κ1) is 13.3. The van der Waals surface area contributed by atoms with Gasteiger partial charge in [0.05, 0.1) is 0 Å². The van der Waals surface area contributed by atoms with E-state index < -0.39 is 0 Å². The van der Waals surface area contributed by atoms with E-state index in [0.717, 1.165) is 6.54 Å². The molecule has 1 atom stereocenters. The van der Waals surface area contributed by atoms with E-state index in [1.807, 2.05) is 0 Å². The fourth-order valence-corrected chi connectivity index (χ4v) is 3.82. The van der Waals surface area contributed by atoms with Crippen LogP contribution in [0, 0.1) is 5.41 Å². The third-order valence-electron chi connectivity index (χ3n) is 4.86. The van der Waals surface area contributed by atoms with Crippen LogP contribution >= 0.6 is 0 Å². The predicted molar refractivity (Wildman–Crippen MR) is 73.1 cm³/mol. The van der Waals surface area contributed by atoms with Gasteiger partial charge in [0.15, 0.2) is 0 Å². The van der Waals surface area contributed by atoms with E-state index in [1.165, 1.54) is 51.9 Å². The maximum absolute atomic E-state index is 6.17. The second-order valence-corrected chi connectivity index (χ2v) is 6.91. The van der Waals surface area contributed by atoms with Crippen LogP contribution in [0.5, 0.6) is 0 Å². The molecule has 2 fully saturated rings. The first-order valence-corrected chi connectivity index (χ1v) is 7.11. The van der Waals surface area contributed by atoms with Crippen LogP contribution in [0.15, 0.2) is 0 Å². The summed E-state index contributed by atoms with van der Waals surface area (Å²) in [5.74, 6) is 0. The fourth-order valence-electron chi connectivity index (χ4n) is 3.82. The molecule has 1 saturated heterocycles. The van der Waals surface area contributed by atoms with E-state index in [4.69, 9.17) is 5.73 Å². The van der Waals surface area contributed by atoms with Crippen LogP contribution in [-0.2, 0) is 0 Å². The summed E-state index contributed by atoms with van der Waals surface area (Å²) in [6, 6.07) is 0. The summed E-state index contributed by atoms with van der Waals surface area (Å²) >= 11 is 0. The molecule has 17 heavy (non-hydrogen) atoms. The Bertz CT molecular complexity index is 256. The molecular weight excluding hydrogens is 210 g/mol. The smallest absolute Gasteiger partial charge is 0.0337 e. The van der Waals surface area contributed by atoms with Gasteiger partial charge in [-0.3, -0.25) is 4.90 Å². The van der Waals surface area contributed by atoms with Crippen molar-refractivity contribution in [3.63, 3.8) is 0 Å². The summed E-state index contributed by atoms with van der Waals surface area (Å²) in [7, 11) is 2.22. The van der Waals surface area contributed by atoms with Crippen molar-refractivity contribution in [2.75, 3.05) is 39.8 Å². The predicted octanol–water partition coefficient (Wildman–Crippen LogP) is 1.53. The first-order chi connectivity index (χ1) is 7.97. The zero-order chi connectivity index (χ0) is 12.5. The van der Waals surface area contributed by atoms with Crippen molar-refractivity contribution in [2.45, 2.75) is 45.1 Å². The molecule has 3 heteroatoms. The molecule has 0 bridgehead atoms. The van der Waals surface area contributed by atoms with Crippen molar-refractivity contribution < 1.29 is 0 Å². The van der Waals surface area contributed by atoms with Crippen LogP contribution in [-0.4, -0.2) is 55.1 Å². The number of rotatable bonds is 2. The number of hydrogen-bond donors (Lipinski definition) is 1. The first-order valence-electron chi connectivity index (χ1n) is 7.11. The lowest BCUT2D eigenvalue weighted by Gasteiger charge is -2.53. The normalized spacial score (nSPS) is 36.0. The van der Waals surface area contributed by atoms with Gasteiger partial charge in [0.1, 0.15) is 0 Å². The van der Waals surface area contributed by atoms with Gasteiger partial charge in [-0.1, -0.05) is 20.3 Å². The molecule has 0 radical (unpaired) electrons. The van der Waals surface area contributed by atoms with Gasteiger partial charge in [0, 0.05) is 38.3 Å². The second-order valence-electron chi connectivity index (χ2n) is 6.91. The largest absolute Gasteiger partial charge is 0.329 e. The lowest BCUT2D eigenvalue weighted by atomic mass is 9.67. The van der Waals surface area contributed by atoms with E-state index in [1.54, 1.807) is 0 Å². The molecule has 2 rings (SSSR count). The molecule has 0 amide bonds. The van der Waals surface area contributed by atoms with Crippen molar-refractivity contribution in [3.05, 3.63) is 0 Å². The summed E-state index contributed by atoms with van der Waals surface area (Å²) < 4.78 is 0. The van der Waals surface area contributed by atoms with Crippen LogP contribution in [0.2, 0.25) is 0 Å². The van der Waals surface area contributed by atoms with E-state index in [2.05, 4.69) is 30.7 Å². The molecule has 1 saturated carbocycles. The Morgan fingerprint density at radius 1 is 1.06 bits per heavy atom. The minimum Gasteiger partial charge on any atom is -0.329 e. The number of nitrogens with zero attached hydrogens (tertiary/aromatic N) is 2. The molecule has 0 spiro atoms. The minimum absolute atomic E-state index is 0.295. The molecule has 1 heterocycles. The highest BCUT2D eigenvalue weighted by molar-refractivity contribution is 5.00. The van der Waals surface area contributed by atoms with Crippen molar-refractivity contribution in [2.24, 2.45) is 11.1 Å². The molecule has 0 aromatic heterocycles. The van der Waals surface area contributed by atoms with Gasteiger partial charge in [-0.25, -0.2) is 0 Å². The maximum Gasteiger partial charge on any atom is 0.0337 e. The van der Waals surface area contributed by atoms with Gasteiger partial charge in [-0.15, -0.1) is 0 Å². The Labute approximate surface area is 106 Å². The highest BCUT2D eigenvalue weighted by Crippen LogP contribution is 2.43. The zero-order valence-corrected chi connectivity index (χ0v) is 11.8. The molecular formula is C14H29N3. The van der Waals surface area contributed by atoms with Crippen LogP contribution < -0.4 is 5.73 Å². The van der Waals surface area contributed by atoms with E-state index in [9.17, 15) is 0 Å². The van der Waals surface area contributed by atoms with E-state index in [-0.39, 0.29) is 0 Å². The molecule has 1 unspecified atom stereocenters. The Balaban J connectivity index is 2.08. The third-order valence-corrected chi connectivity index (χ3v) is 4.86. The van der Waals surface area contributed by atoms with Gasteiger partial charge in [-0.2, -0.15) is 0 Å². The Hall–Kier alpha value is -0.120. The SMILES string of the molecule is CN1CCN(C2(CN)CCCC(C)(C)C2)CC1. The van der Waals surface area contributed by atoms with E-state index in [0.29, 0.717) is 11.0 Å². The zero-order valence-electron chi connectivity index (χ0n) is 11.8. The molecule has 1 aliphatic carbocycles. The Morgan fingerprint density at radius 3 is 2.24 bits per heavy atom. The number of nitrogens with two attached hydrogens (primary N) is 1. The molecule has 100 valence electrons. The molecule has 1 aliphatic heterocycles. The summed E-state index contributed by atoms with van der Waals surface area (Å²) in [4.78, 5) is 5.11. The fraction of sp³-hybridized carbons (Fsp3) is 1.00. The van der Waals surface area contributed by atoms with Crippen molar-refractivity contribution in [1.82, 2.24) is 9.80 Å². The van der Waals surface area contributed by atoms with Gasteiger partial charge < -0.3 is 10.6 Å². The molecule has 2 aliphatic rings. The lowest BCUT2D eigenvalue weighted by molar-refractivity contribution is -0.0150. The van der Waals surface area contributed by atoms with Gasteiger partial charge in [-0.05, 0) is 31.7 Å². The molecule has 0 aromatic carbocycles. The quantitative estimate of drug-likeness (QED) is 0.793. The van der Waals surface area contributed by atoms with Crippen LogP contribution in [0.3, 0.4) is 0 Å². The topological polar surface area (TPSA) is 32.5 Å². The second kappa shape index (κ2) is 4.87. The standard InChI is InChI=1S/C14H29N3/c1-13(2)5-4-6-14(11-13,12-15)17-9-7-16(3)8-10-17/h4-12,15H2,1-3H3. The van der Waals surface area contributed by atoms with Crippen molar-refractivity contribution in [1.29, 1.82) is 0 Å².